The van der Waals surface area contributed by atoms with E-state index in [-0.39, 0.29) is 10.6 Å². The molecule has 1 heterocycles. The number of rotatable bonds is 7. The van der Waals surface area contributed by atoms with Crippen LogP contribution < -0.4 is 10.5 Å². The van der Waals surface area contributed by atoms with Crippen LogP contribution in [0.5, 0.6) is 0 Å². The number of carbonyl (C=O) groups excluding carboxylic acids is 2. The van der Waals surface area contributed by atoms with Gasteiger partial charge in [0.2, 0.25) is 10.0 Å². The molecule has 1 amide bonds. The second kappa shape index (κ2) is 8.56. The summed E-state index contributed by atoms with van der Waals surface area (Å²) in [7, 11) is -3.83. The van der Waals surface area contributed by atoms with Crippen LogP contribution in [0.4, 0.5) is 5.69 Å². The van der Waals surface area contributed by atoms with Crippen LogP contribution in [0.2, 0.25) is 0 Å². The normalized spacial score (nSPS) is 14.6. The summed E-state index contributed by atoms with van der Waals surface area (Å²) >= 11 is 0. The quantitative estimate of drug-likeness (QED) is 0.527. The zero-order valence-electron chi connectivity index (χ0n) is 17.3. The topological polar surface area (TPSA) is 133 Å². The fourth-order valence-corrected chi connectivity index (χ4v) is 3.65. The summed E-state index contributed by atoms with van der Waals surface area (Å²) in [6.07, 6.45) is 0.969. The maximum Gasteiger partial charge on any atom is 0.357 e. The number of benzene rings is 2. The van der Waals surface area contributed by atoms with Crippen LogP contribution >= 0.6 is 0 Å². The van der Waals surface area contributed by atoms with Gasteiger partial charge < -0.3 is 10.1 Å². The monoisotopic (exact) mass is 454 g/mol. The van der Waals surface area contributed by atoms with Crippen LogP contribution in [-0.2, 0) is 19.6 Å². The number of nitrogens with zero attached hydrogens (tertiary/aromatic N) is 2. The van der Waals surface area contributed by atoms with Gasteiger partial charge in [0.15, 0.2) is 11.8 Å². The standard InChI is InChI=1S/C22H22N4O5S/c1-14(21(27)24-16-9-11-18(12-10-16)32(23,29)30)31-22(28)20-13-19(15-7-8-15)25-26(20)17-5-3-2-4-6-17/h2-6,9-15H,7-8H2,1H3,(H,24,27)(H2,23,29,30)/t14-/m1/s1. The number of hydrogen-bond acceptors (Lipinski definition) is 6. The van der Waals surface area contributed by atoms with Crippen molar-refractivity contribution in [3.63, 3.8) is 0 Å². The molecule has 0 unspecified atom stereocenters. The van der Waals surface area contributed by atoms with E-state index in [0.717, 1.165) is 24.2 Å². The Hall–Kier alpha value is -3.50. The summed E-state index contributed by atoms with van der Waals surface area (Å²) in [6.45, 7) is 1.46. The molecular weight excluding hydrogens is 432 g/mol. The first-order chi connectivity index (χ1) is 15.2. The lowest BCUT2D eigenvalue weighted by Gasteiger charge is -2.14. The van der Waals surface area contributed by atoms with Gasteiger partial charge in [0, 0.05) is 11.6 Å². The molecule has 0 aliphatic heterocycles. The highest BCUT2D eigenvalue weighted by Gasteiger charge is 2.30. The van der Waals surface area contributed by atoms with Gasteiger partial charge in [-0.25, -0.2) is 23.0 Å². The molecule has 1 aliphatic carbocycles. The Kier molecular flexibility index (Phi) is 5.81. The molecule has 1 atom stereocenters. The summed E-state index contributed by atoms with van der Waals surface area (Å²) < 4.78 is 29.6. The highest BCUT2D eigenvalue weighted by Crippen LogP contribution is 2.39. The Bertz CT molecular complexity index is 1250. The first kappa shape index (κ1) is 21.7. The van der Waals surface area contributed by atoms with E-state index < -0.39 is 28.0 Å². The molecule has 1 saturated carbocycles. The second-order valence-electron chi connectivity index (χ2n) is 7.58. The number of nitrogens with one attached hydrogen (secondary N) is 1. The molecule has 0 radical (unpaired) electrons. The van der Waals surface area contributed by atoms with Crippen LogP contribution in [0, 0.1) is 0 Å². The van der Waals surface area contributed by atoms with E-state index in [9.17, 15) is 18.0 Å². The molecule has 1 fully saturated rings. The molecule has 4 rings (SSSR count). The SMILES string of the molecule is C[C@@H](OC(=O)c1cc(C2CC2)nn1-c1ccccc1)C(=O)Nc1ccc(S(N)(=O)=O)cc1. The first-order valence-electron chi connectivity index (χ1n) is 10.0. The largest absolute Gasteiger partial charge is 0.448 e. The van der Waals surface area contributed by atoms with Crippen molar-refractivity contribution in [3.8, 4) is 5.69 Å². The van der Waals surface area contributed by atoms with Crippen molar-refractivity contribution in [2.75, 3.05) is 5.32 Å². The van der Waals surface area contributed by atoms with E-state index in [1.165, 1.54) is 35.9 Å². The van der Waals surface area contributed by atoms with Gasteiger partial charge in [-0.1, -0.05) is 18.2 Å². The summed E-state index contributed by atoms with van der Waals surface area (Å²) in [6, 6.07) is 16.3. The minimum Gasteiger partial charge on any atom is -0.448 e. The minimum atomic E-state index is -3.83. The maximum absolute atomic E-state index is 12.9. The number of anilines is 1. The predicted octanol–water partition coefficient (Wildman–Crippen LogP) is 2.58. The lowest BCUT2D eigenvalue weighted by atomic mass is 10.2. The molecule has 32 heavy (non-hydrogen) atoms. The van der Waals surface area contributed by atoms with E-state index in [4.69, 9.17) is 9.88 Å². The van der Waals surface area contributed by atoms with Crippen molar-refractivity contribution in [3.05, 3.63) is 72.1 Å². The third-order valence-corrected chi connectivity index (χ3v) is 5.97. The second-order valence-corrected chi connectivity index (χ2v) is 9.14. The lowest BCUT2D eigenvalue weighted by Crippen LogP contribution is -2.30. The van der Waals surface area contributed by atoms with Gasteiger partial charge in [0.05, 0.1) is 16.3 Å². The van der Waals surface area contributed by atoms with Crippen LogP contribution in [-0.4, -0.2) is 36.2 Å². The summed E-state index contributed by atoms with van der Waals surface area (Å²) in [5.74, 6) is -0.886. The Balaban J connectivity index is 1.47. The summed E-state index contributed by atoms with van der Waals surface area (Å²) in [5.41, 5.74) is 2.14. The van der Waals surface area contributed by atoms with Gasteiger partial charge in [-0.15, -0.1) is 0 Å². The number of ether oxygens (including phenoxy) is 1. The van der Waals surface area contributed by atoms with Gasteiger partial charge in [-0.05, 0) is 62.2 Å². The number of para-hydroxylation sites is 1. The molecule has 9 nitrogen and oxygen atoms in total. The predicted molar refractivity (Wildman–Crippen MR) is 117 cm³/mol. The van der Waals surface area contributed by atoms with Crippen LogP contribution in [0.25, 0.3) is 5.69 Å². The van der Waals surface area contributed by atoms with Crippen molar-refractivity contribution >= 4 is 27.6 Å². The van der Waals surface area contributed by atoms with Crippen molar-refractivity contribution in [2.24, 2.45) is 5.14 Å². The van der Waals surface area contributed by atoms with E-state index in [1.807, 2.05) is 30.3 Å². The molecule has 1 aromatic heterocycles. The van der Waals surface area contributed by atoms with Crippen LogP contribution in [0.3, 0.4) is 0 Å². The zero-order valence-corrected chi connectivity index (χ0v) is 18.1. The third-order valence-electron chi connectivity index (χ3n) is 5.04. The van der Waals surface area contributed by atoms with Gasteiger partial charge in [-0.3, -0.25) is 4.79 Å². The highest BCUT2D eigenvalue weighted by molar-refractivity contribution is 7.89. The maximum atomic E-state index is 12.9. The Morgan fingerprint density at radius 1 is 1.12 bits per heavy atom. The van der Waals surface area contributed by atoms with Gasteiger partial charge in [0.1, 0.15) is 0 Å². The Morgan fingerprint density at radius 3 is 2.38 bits per heavy atom. The molecule has 0 bridgehead atoms. The molecule has 3 aromatic rings. The molecule has 1 aliphatic rings. The number of amides is 1. The van der Waals surface area contributed by atoms with Crippen molar-refractivity contribution in [1.29, 1.82) is 0 Å². The van der Waals surface area contributed by atoms with Gasteiger partial charge >= 0.3 is 5.97 Å². The fourth-order valence-electron chi connectivity index (χ4n) is 3.14. The van der Waals surface area contributed by atoms with E-state index in [1.54, 1.807) is 6.07 Å². The third kappa shape index (κ3) is 4.87. The number of carbonyl (C=O) groups is 2. The average Bonchev–Trinajstić information content (AvgIpc) is 3.52. The number of primary sulfonamides is 1. The Labute approximate surface area is 185 Å². The molecular formula is C22H22N4O5S. The first-order valence-corrected chi connectivity index (χ1v) is 11.6. The number of hydrogen-bond donors (Lipinski definition) is 2. The summed E-state index contributed by atoms with van der Waals surface area (Å²) in [5, 5.41) is 12.2. The minimum absolute atomic E-state index is 0.0735. The molecule has 166 valence electrons. The fraction of sp³-hybridized carbons (Fsp3) is 0.227. The van der Waals surface area contributed by atoms with Crippen molar-refractivity contribution in [1.82, 2.24) is 9.78 Å². The molecule has 0 saturated heterocycles. The average molecular weight is 455 g/mol. The van der Waals surface area contributed by atoms with Crippen LogP contribution in [0.15, 0.2) is 65.6 Å². The van der Waals surface area contributed by atoms with E-state index in [0.29, 0.717) is 11.6 Å². The van der Waals surface area contributed by atoms with E-state index in [2.05, 4.69) is 10.4 Å². The number of esters is 1. The molecule has 3 N–H and O–H groups in total. The van der Waals surface area contributed by atoms with Crippen molar-refractivity contribution < 1.29 is 22.7 Å². The lowest BCUT2D eigenvalue weighted by molar-refractivity contribution is -0.123. The van der Waals surface area contributed by atoms with Crippen molar-refractivity contribution in [2.45, 2.75) is 36.7 Å². The molecule has 0 spiro atoms. The zero-order chi connectivity index (χ0) is 22.9. The number of sulfonamides is 1. The smallest absolute Gasteiger partial charge is 0.357 e. The molecule has 10 heteroatoms. The number of nitrogens with two attached hydrogens (primary N) is 1. The highest BCUT2D eigenvalue weighted by atomic mass is 32.2. The molecule has 2 aromatic carbocycles. The Morgan fingerprint density at radius 2 is 1.78 bits per heavy atom. The van der Waals surface area contributed by atoms with Gasteiger partial charge in [0.25, 0.3) is 5.91 Å². The number of aromatic nitrogens is 2. The summed E-state index contributed by atoms with van der Waals surface area (Å²) in [4.78, 5) is 25.3. The van der Waals surface area contributed by atoms with E-state index >= 15 is 0 Å². The van der Waals surface area contributed by atoms with Crippen LogP contribution in [0.1, 0.15) is 41.9 Å². The van der Waals surface area contributed by atoms with Gasteiger partial charge in [-0.2, -0.15) is 5.10 Å².